The summed E-state index contributed by atoms with van der Waals surface area (Å²) in [6, 6.07) is 11.6. The molecule has 0 amide bonds. The van der Waals surface area contributed by atoms with Crippen molar-refractivity contribution < 1.29 is 9.90 Å². The van der Waals surface area contributed by atoms with Gasteiger partial charge in [0.15, 0.2) is 0 Å². The topological polar surface area (TPSA) is 55.1 Å². The van der Waals surface area contributed by atoms with Crippen molar-refractivity contribution in [3.05, 3.63) is 80.5 Å². The van der Waals surface area contributed by atoms with Crippen LogP contribution >= 0.6 is 22.9 Å². The standard InChI is InChI=1S/C22H23ClN2O2S/c1-2-3-10-21-24-14-18(25(21)15-16-7-4-5-9-20(16)23)12-17(22(26)27)13-19-8-6-11-28-19/h4-9,11-12,14H,2-3,10,13,15H2,1H3,(H,26,27). The fourth-order valence-corrected chi connectivity index (χ4v) is 3.95. The third-order valence-corrected chi connectivity index (χ3v) is 5.80. The molecule has 1 aromatic carbocycles. The average Bonchev–Trinajstić information content (AvgIpc) is 3.32. The van der Waals surface area contributed by atoms with Crippen LogP contribution in [0.15, 0.2) is 53.5 Å². The van der Waals surface area contributed by atoms with Crippen LogP contribution in [0.3, 0.4) is 0 Å². The van der Waals surface area contributed by atoms with Gasteiger partial charge in [-0.25, -0.2) is 9.78 Å². The van der Waals surface area contributed by atoms with E-state index in [-0.39, 0.29) is 0 Å². The van der Waals surface area contributed by atoms with E-state index < -0.39 is 5.97 Å². The highest BCUT2D eigenvalue weighted by Gasteiger charge is 2.15. The zero-order valence-corrected chi connectivity index (χ0v) is 17.3. The molecule has 2 aromatic heterocycles. The van der Waals surface area contributed by atoms with Crippen molar-refractivity contribution in [1.29, 1.82) is 0 Å². The lowest BCUT2D eigenvalue weighted by Crippen LogP contribution is -2.09. The molecule has 28 heavy (non-hydrogen) atoms. The number of rotatable bonds is 9. The molecule has 0 unspecified atom stereocenters. The molecular formula is C22H23ClN2O2S. The maximum Gasteiger partial charge on any atom is 0.332 e. The number of aromatic nitrogens is 2. The molecular weight excluding hydrogens is 392 g/mol. The van der Waals surface area contributed by atoms with Gasteiger partial charge in [0.2, 0.25) is 0 Å². The number of aliphatic carboxylic acids is 1. The normalized spacial score (nSPS) is 11.7. The first-order valence-corrected chi connectivity index (χ1v) is 10.6. The summed E-state index contributed by atoms with van der Waals surface area (Å²) < 4.78 is 2.08. The summed E-state index contributed by atoms with van der Waals surface area (Å²) >= 11 is 7.92. The number of carbonyl (C=O) groups is 1. The Morgan fingerprint density at radius 3 is 2.79 bits per heavy atom. The van der Waals surface area contributed by atoms with Gasteiger partial charge in [0.1, 0.15) is 5.82 Å². The first kappa shape index (κ1) is 20.4. The Morgan fingerprint density at radius 2 is 2.11 bits per heavy atom. The molecule has 0 saturated carbocycles. The van der Waals surface area contributed by atoms with Gasteiger partial charge in [0.25, 0.3) is 0 Å². The van der Waals surface area contributed by atoms with Crippen LogP contribution in [0.5, 0.6) is 0 Å². The average molecular weight is 415 g/mol. The minimum absolute atomic E-state index is 0.352. The van der Waals surface area contributed by atoms with E-state index in [1.54, 1.807) is 23.6 Å². The van der Waals surface area contributed by atoms with Crippen LogP contribution < -0.4 is 0 Å². The third-order valence-electron chi connectivity index (χ3n) is 4.55. The van der Waals surface area contributed by atoms with E-state index in [1.165, 1.54) is 0 Å². The van der Waals surface area contributed by atoms with E-state index >= 15 is 0 Å². The Labute approximate surface area is 174 Å². The molecule has 0 saturated heterocycles. The van der Waals surface area contributed by atoms with Crippen molar-refractivity contribution in [3.8, 4) is 0 Å². The van der Waals surface area contributed by atoms with Crippen LogP contribution in [0.25, 0.3) is 6.08 Å². The first-order valence-electron chi connectivity index (χ1n) is 9.32. The van der Waals surface area contributed by atoms with E-state index in [9.17, 15) is 9.90 Å². The lowest BCUT2D eigenvalue weighted by molar-refractivity contribution is -0.132. The minimum atomic E-state index is -0.908. The summed E-state index contributed by atoms with van der Waals surface area (Å²) in [6.07, 6.45) is 6.85. The molecule has 0 aliphatic carbocycles. The van der Waals surface area contributed by atoms with Gasteiger partial charge in [-0.15, -0.1) is 11.3 Å². The molecule has 2 heterocycles. The molecule has 0 bridgehead atoms. The maximum atomic E-state index is 11.8. The molecule has 1 N–H and O–H groups in total. The summed E-state index contributed by atoms with van der Waals surface area (Å²) in [7, 11) is 0. The molecule has 6 heteroatoms. The van der Waals surface area contributed by atoms with Crippen LogP contribution in [0.4, 0.5) is 0 Å². The number of carboxylic acids is 1. The maximum absolute atomic E-state index is 11.8. The van der Waals surface area contributed by atoms with Gasteiger partial charge in [-0.05, 0) is 35.6 Å². The highest BCUT2D eigenvalue weighted by Crippen LogP contribution is 2.22. The second-order valence-electron chi connectivity index (χ2n) is 6.61. The monoisotopic (exact) mass is 414 g/mol. The molecule has 3 aromatic rings. The molecule has 3 rings (SSSR count). The lowest BCUT2D eigenvalue weighted by Gasteiger charge is -2.12. The summed E-state index contributed by atoms with van der Waals surface area (Å²) in [5.41, 5.74) is 2.13. The fraction of sp³-hybridized carbons (Fsp3) is 0.273. The van der Waals surface area contributed by atoms with Crippen molar-refractivity contribution in [2.45, 2.75) is 39.2 Å². The van der Waals surface area contributed by atoms with Gasteiger partial charge in [-0.1, -0.05) is 49.2 Å². The number of thiophene rings is 1. The Hall–Kier alpha value is -2.37. The minimum Gasteiger partial charge on any atom is -0.478 e. The quantitative estimate of drug-likeness (QED) is 0.457. The van der Waals surface area contributed by atoms with E-state index in [0.717, 1.165) is 41.2 Å². The Kier molecular flexibility index (Phi) is 7.06. The Bertz CT molecular complexity index is 961. The van der Waals surface area contributed by atoms with Crippen molar-refractivity contribution in [3.63, 3.8) is 0 Å². The Balaban J connectivity index is 1.97. The van der Waals surface area contributed by atoms with Gasteiger partial charge < -0.3 is 9.67 Å². The van der Waals surface area contributed by atoms with Crippen molar-refractivity contribution >= 4 is 35.0 Å². The Morgan fingerprint density at radius 1 is 1.29 bits per heavy atom. The summed E-state index contributed by atoms with van der Waals surface area (Å²) in [4.78, 5) is 17.4. The molecule has 0 radical (unpaired) electrons. The largest absolute Gasteiger partial charge is 0.478 e. The molecule has 0 atom stereocenters. The first-order chi connectivity index (χ1) is 13.6. The van der Waals surface area contributed by atoms with Crippen molar-refractivity contribution in [2.75, 3.05) is 0 Å². The molecule has 4 nitrogen and oxygen atoms in total. The molecule has 0 fully saturated rings. The smallest absolute Gasteiger partial charge is 0.332 e. The summed E-state index contributed by atoms with van der Waals surface area (Å²) in [5, 5.41) is 12.3. The highest BCUT2D eigenvalue weighted by molar-refractivity contribution is 7.09. The van der Waals surface area contributed by atoms with E-state index in [0.29, 0.717) is 23.6 Å². The molecule has 146 valence electrons. The number of aryl methyl sites for hydroxylation is 1. The van der Waals surface area contributed by atoms with Crippen LogP contribution in [-0.2, 0) is 24.2 Å². The molecule has 0 aliphatic heterocycles. The van der Waals surface area contributed by atoms with Gasteiger partial charge in [-0.3, -0.25) is 0 Å². The number of imidazole rings is 1. The fourth-order valence-electron chi connectivity index (χ4n) is 3.03. The van der Waals surface area contributed by atoms with Crippen LogP contribution in [-0.4, -0.2) is 20.6 Å². The highest BCUT2D eigenvalue weighted by atomic mass is 35.5. The molecule has 0 spiro atoms. The van der Waals surface area contributed by atoms with Crippen molar-refractivity contribution in [2.24, 2.45) is 0 Å². The summed E-state index contributed by atoms with van der Waals surface area (Å²) in [5.74, 6) is 0.0443. The lowest BCUT2D eigenvalue weighted by atomic mass is 10.1. The predicted octanol–water partition coefficient (Wildman–Crippen LogP) is 5.70. The summed E-state index contributed by atoms with van der Waals surface area (Å²) in [6.45, 7) is 2.71. The van der Waals surface area contributed by atoms with Gasteiger partial charge >= 0.3 is 5.97 Å². The second-order valence-corrected chi connectivity index (χ2v) is 8.05. The van der Waals surface area contributed by atoms with Crippen LogP contribution in [0, 0.1) is 0 Å². The number of carboxylic acid groups (broad SMARTS) is 1. The van der Waals surface area contributed by atoms with Crippen LogP contribution in [0.1, 0.15) is 41.7 Å². The van der Waals surface area contributed by atoms with Gasteiger partial charge in [-0.2, -0.15) is 0 Å². The predicted molar refractivity (Wildman–Crippen MR) is 115 cm³/mol. The van der Waals surface area contributed by atoms with Crippen molar-refractivity contribution in [1.82, 2.24) is 9.55 Å². The van der Waals surface area contributed by atoms with Gasteiger partial charge in [0, 0.05) is 28.3 Å². The third kappa shape index (κ3) is 5.12. The van der Waals surface area contributed by atoms with Crippen LogP contribution in [0.2, 0.25) is 5.02 Å². The van der Waals surface area contributed by atoms with E-state index in [4.69, 9.17) is 11.6 Å². The number of halogens is 1. The van der Waals surface area contributed by atoms with E-state index in [2.05, 4.69) is 16.5 Å². The number of hydrogen-bond donors (Lipinski definition) is 1. The van der Waals surface area contributed by atoms with E-state index in [1.807, 2.05) is 41.8 Å². The number of unbranched alkanes of at least 4 members (excludes halogenated alkanes) is 1. The second kappa shape index (κ2) is 9.71. The zero-order chi connectivity index (χ0) is 19.9. The SMILES string of the molecule is CCCCc1ncc(C=C(Cc2cccs2)C(=O)O)n1Cc1ccccc1Cl. The zero-order valence-electron chi connectivity index (χ0n) is 15.8. The number of hydrogen-bond acceptors (Lipinski definition) is 3. The number of nitrogens with zero attached hydrogens (tertiary/aromatic N) is 2. The number of benzene rings is 1. The molecule has 0 aliphatic rings. The van der Waals surface area contributed by atoms with Gasteiger partial charge in [0.05, 0.1) is 18.4 Å².